The summed E-state index contributed by atoms with van der Waals surface area (Å²) in [5.74, 6) is 0.0245. The van der Waals surface area contributed by atoms with Crippen molar-refractivity contribution in [3.8, 4) is 0 Å². The second kappa shape index (κ2) is 6.84. The molecule has 1 saturated heterocycles. The van der Waals surface area contributed by atoms with Gasteiger partial charge in [0.25, 0.3) is 0 Å². The summed E-state index contributed by atoms with van der Waals surface area (Å²) in [6, 6.07) is 3.52. The maximum absolute atomic E-state index is 12.5. The van der Waals surface area contributed by atoms with E-state index in [1.54, 1.807) is 24.5 Å². The van der Waals surface area contributed by atoms with E-state index in [0.29, 0.717) is 11.3 Å². The summed E-state index contributed by atoms with van der Waals surface area (Å²) >= 11 is 0. The largest absolute Gasteiger partial charge is 0.443 e. The van der Waals surface area contributed by atoms with Crippen molar-refractivity contribution in [2.45, 2.75) is 39.2 Å². The number of hydrogen-bond acceptors (Lipinski definition) is 5. The number of ether oxygens (including phenoxy) is 1. The fourth-order valence-corrected chi connectivity index (χ4v) is 2.92. The van der Waals surface area contributed by atoms with Crippen LogP contribution in [-0.2, 0) is 9.53 Å². The maximum atomic E-state index is 12.5. The number of rotatable bonds is 2. The number of hydrogen-bond donors (Lipinski definition) is 2. The number of pyridine rings is 1. The number of aromatic nitrogens is 2. The molecule has 2 aromatic heterocycles. The standard InChI is InChI=1S/C18H24N4O3/c1-18(2,3)25-17(24)22-11-7-13-14(6-10-20-15(13)22)21-16(23)12-4-8-19-9-5-12/h6-7,10-12,19H,4-5,8-9H2,1-3H3,(H,20,21,23). The zero-order valence-electron chi connectivity index (χ0n) is 14.8. The van der Waals surface area contributed by atoms with Crippen molar-refractivity contribution in [3.05, 3.63) is 24.5 Å². The lowest BCUT2D eigenvalue weighted by molar-refractivity contribution is -0.120. The summed E-state index contributed by atoms with van der Waals surface area (Å²) in [6.45, 7) is 7.16. The van der Waals surface area contributed by atoms with Crippen LogP contribution in [0.5, 0.6) is 0 Å². The van der Waals surface area contributed by atoms with Gasteiger partial charge >= 0.3 is 6.09 Å². The second-order valence-electron chi connectivity index (χ2n) is 7.28. The average molecular weight is 344 g/mol. The summed E-state index contributed by atoms with van der Waals surface area (Å²) in [5.41, 5.74) is 0.544. The highest BCUT2D eigenvalue weighted by molar-refractivity contribution is 6.02. The number of amides is 1. The van der Waals surface area contributed by atoms with Crippen molar-refractivity contribution in [1.82, 2.24) is 14.9 Å². The Morgan fingerprint density at radius 3 is 2.68 bits per heavy atom. The number of nitrogens with zero attached hydrogens (tertiary/aromatic N) is 2. The highest BCUT2D eigenvalue weighted by atomic mass is 16.6. The van der Waals surface area contributed by atoms with Crippen molar-refractivity contribution < 1.29 is 14.3 Å². The van der Waals surface area contributed by atoms with Gasteiger partial charge in [-0.25, -0.2) is 14.3 Å². The first-order chi connectivity index (χ1) is 11.8. The van der Waals surface area contributed by atoms with Crippen LogP contribution in [0.3, 0.4) is 0 Å². The quantitative estimate of drug-likeness (QED) is 0.875. The molecule has 2 aromatic rings. The van der Waals surface area contributed by atoms with E-state index in [1.165, 1.54) is 4.57 Å². The third-order valence-corrected chi connectivity index (χ3v) is 4.15. The van der Waals surface area contributed by atoms with E-state index in [1.807, 2.05) is 20.8 Å². The van der Waals surface area contributed by atoms with E-state index in [2.05, 4.69) is 15.6 Å². The molecule has 0 unspecified atom stereocenters. The van der Waals surface area contributed by atoms with Gasteiger partial charge in [0.15, 0.2) is 5.65 Å². The first-order valence-electron chi connectivity index (χ1n) is 8.56. The van der Waals surface area contributed by atoms with Crippen LogP contribution in [-0.4, -0.2) is 40.2 Å². The predicted octanol–water partition coefficient (Wildman–Crippen LogP) is 2.76. The van der Waals surface area contributed by atoms with E-state index >= 15 is 0 Å². The van der Waals surface area contributed by atoms with Crippen LogP contribution >= 0.6 is 0 Å². The fourth-order valence-electron chi connectivity index (χ4n) is 2.92. The normalized spacial score (nSPS) is 16.0. The Morgan fingerprint density at radius 1 is 1.28 bits per heavy atom. The van der Waals surface area contributed by atoms with Crippen LogP contribution < -0.4 is 10.6 Å². The van der Waals surface area contributed by atoms with E-state index in [0.717, 1.165) is 31.3 Å². The number of carbonyl (C=O) groups is 2. The molecule has 25 heavy (non-hydrogen) atoms. The molecule has 0 aliphatic carbocycles. The molecule has 0 aromatic carbocycles. The SMILES string of the molecule is CC(C)(C)OC(=O)n1ccc2c(NC(=O)C3CCNCC3)ccnc21. The summed E-state index contributed by atoms with van der Waals surface area (Å²) < 4.78 is 6.76. The minimum absolute atomic E-state index is 0.0115. The third kappa shape index (κ3) is 3.99. The predicted molar refractivity (Wildman–Crippen MR) is 95.6 cm³/mol. The van der Waals surface area contributed by atoms with Gasteiger partial charge in [0.05, 0.1) is 5.69 Å². The number of carbonyl (C=O) groups excluding carboxylic acids is 2. The molecule has 0 saturated carbocycles. The van der Waals surface area contributed by atoms with E-state index in [9.17, 15) is 9.59 Å². The molecule has 3 heterocycles. The van der Waals surface area contributed by atoms with Gasteiger partial charge in [-0.2, -0.15) is 0 Å². The van der Waals surface area contributed by atoms with E-state index in [4.69, 9.17) is 4.74 Å². The Hall–Kier alpha value is -2.41. The zero-order valence-corrected chi connectivity index (χ0v) is 14.8. The number of fused-ring (bicyclic) bond motifs is 1. The molecule has 0 bridgehead atoms. The fraction of sp³-hybridized carbons (Fsp3) is 0.500. The van der Waals surface area contributed by atoms with Crippen molar-refractivity contribution in [1.29, 1.82) is 0 Å². The smallest absolute Gasteiger partial charge is 0.420 e. The number of anilines is 1. The molecule has 134 valence electrons. The summed E-state index contributed by atoms with van der Waals surface area (Å²) in [7, 11) is 0. The summed E-state index contributed by atoms with van der Waals surface area (Å²) in [5, 5.41) is 6.95. The Labute approximate surface area is 146 Å². The van der Waals surface area contributed by atoms with Crippen molar-refractivity contribution in [2.24, 2.45) is 5.92 Å². The average Bonchev–Trinajstić information content (AvgIpc) is 2.99. The topological polar surface area (TPSA) is 85.2 Å². The second-order valence-corrected chi connectivity index (χ2v) is 7.28. The minimum Gasteiger partial charge on any atom is -0.443 e. The van der Waals surface area contributed by atoms with Gasteiger partial charge < -0.3 is 15.4 Å². The lowest BCUT2D eigenvalue weighted by Gasteiger charge is -2.22. The van der Waals surface area contributed by atoms with Gasteiger partial charge in [-0.1, -0.05) is 0 Å². The van der Waals surface area contributed by atoms with Gasteiger partial charge in [0, 0.05) is 23.7 Å². The monoisotopic (exact) mass is 344 g/mol. The molecule has 0 spiro atoms. The number of piperidine rings is 1. The van der Waals surface area contributed by atoms with Crippen molar-refractivity contribution >= 4 is 28.7 Å². The highest BCUT2D eigenvalue weighted by Crippen LogP contribution is 2.25. The molecule has 0 radical (unpaired) electrons. The Balaban J connectivity index is 1.83. The minimum atomic E-state index is -0.589. The molecule has 1 aliphatic heterocycles. The van der Waals surface area contributed by atoms with Crippen LogP contribution in [0.4, 0.5) is 10.5 Å². The Kier molecular flexibility index (Phi) is 4.76. The molecular weight excluding hydrogens is 320 g/mol. The number of nitrogens with one attached hydrogen (secondary N) is 2. The first-order valence-corrected chi connectivity index (χ1v) is 8.56. The third-order valence-electron chi connectivity index (χ3n) is 4.15. The zero-order chi connectivity index (χ0) is 18.0. The molecular formula is C18H24N4O3. The Bertz CT molecular complexity index is 785. The van der Waals surface area contributed by atoms with Gasteiger partial charge in [-0.15, -0.1) is 0 Å². The lowest BCUT2D eigenvalue weighted by atomic mass is 9.97. The van der Waals surface area contributed by atoms with Crippen LogP contribution in [0.1, 0.15) is 33.6 Å². The summed E-state index contributed by atoms with van der Waals surface area (Å²) in [6.07, 6.45) is 4.38. The van der Waals surface area contributed by atoms with Crippen molar-refractivity contribution in [2.75, 3.05) is 18.4 Å². The molecule has 7 heteroatoms. The lowest BCUT2D eigenvalue weighted by Crippen LogP contribution is -2.34. The van der Waals surface area contributed by atoms with Gasteiger partial charge in [0.2, 0.25) is 5.91 Å². The van der Waals surface area contributed by atoms with Crippen LogP contribution in [0.25, 0.3) is 11.0 Å². The molecule has 1 fully saturated rings. The van der Waals surface area contributed by atoms with Gasteiger partial charge in [-0.05, 0) is 58.8 Å². The first kappa shape index (κ1) is 17.4. The molecule has 1 amide bonds. The van der Waals surface area contributed by atoms with Crippen LogP contribution in [0.15, 0.2) is 24.5 Å². The molecule has 3 rings (SSSR count). The van der Waals surface area contributed by atoms with Gasteiger partial charge in [0.1, 0.15) is 5.60 Å². The molecule has 2 N–H and O–H groups in total. The van der Waals surface area contributed by atoms with E-state index < -0.39 is 11.7 Å². The Morgan fingerprint density at radius 2 is 2.00 bits per heavy atom. The highest BCUT2D eigenvalue weighted by Gasteiger charge is 2.23. The van der Waals surface area contributed by atoms with Crippen LogP contribution in [0, 0.1) is 5.92 Å². The molecule has 0 atom stereocenters. The maximum Gasteiger partial charge on any atom is 0.420 e. The van der Waals surface area contributed by atoms with Gasteiger partial charge in [-0.3, -0.25) is 4.79 Å². The molecule has 1 aliphatic rings. The van der Waals surface area contributed by atoms with E-state index in [-0.39, 0.29) is 11.8 Å². The molecule has 7 nitrogen and oxygen atoms in total. The van der Waals surface area contributed by atoms with Crippen molar-refractivity contribution in [3.63, 3.8) is 0 Å². The van der Waals surface area contributed by atoms with Crippen LogP contribution in [0.2, 0.25) is 0 Å². The summed E-state index contributed by atoms with van der Waals surface area (Å²) in [4.78, 5) is 29.1.